The van der Waals surface area contributed by atoms with Gasteiger partial charge in [-0.05, 0) is 83.1 Å². The first-order valence-corrected chi connectivity index (χ1v) is 13.6. The Morgan fingerprint density at radius 1 is 0.895 bits per heavy atom. The summed E-state index contributed by atoms with van der Waals surface area (Å²) in [5.74, 6) is -0.853. The molecule has 2 N–H and O–H groups in total. The van der Waals surface area contributed by atoms with Crippen molar-refractivity contribution in [1.29, 1.82) is 0 Å². The number of esters is 1. The second-order valence-corrected chi connectivity index (χ2v) is 11.7. The number of aryl methyl sites for hydroxylation is 1. The zero-order valence-corrected chi connectivity index (χ0v) is 24.2. The normalized spacial score (nSPS) is 18.0. The fourth-order valence-electron chi connectivity index (χ4n) is 5.56. The van der Waals surface area contributed by atoms with Gasteiger partial charge in [-0.3, -0.25) is 0 Å². The van der Waals surface area contributed by atoms with E-state index < -0.39 is 17.4 Å². The van der Waals surface area contributed by atoms with Gasteiger partial charge in [0, 0.05) is 5.57 Å². The van der Waals surface area contributed by atoms with Crippen LogP contribution in [0.15, 0.2) is 59.4 Å². The monoisotopic (exact) mass is 518 g/mol. The van der Waals surface area contributed by atoms with E-state index in [2.05, 4.69) is 13.8 Å². The Morgan fingerprint density at radius 3 is 1.89 bits per heavy atom. The average molecular weight is 519 g/mol. The maximum atomic E-state index is 13.9. The van der Waals surface area contributed by atoms with E-state index in [0.29, 0.717) is 33.6 Å². The first-order chi connectivity index (χ1) is 17.7. The van der Waals surface area contributed by atoms with Gasteiger partial charge >= 0.3 is 11.9 Å². The lowest BCUT2D eigenvalue weighted by atomic mass is 9.61. The summed E-state index contributed by atoms with van der Waals surface area (Å²) in [7, 11) is 0. The first kappa shape index (κ1) is 29.2. The molecule has 1 aliphatic rings. The number of rotatable bonds is 8. The molecule has 2 aromatic carbocycles. The van der Waals surface area contributed by atoms with Gasteiger partial charge in [-0.15, -0.1) is 0 Å². The molecule has 1 atom stereocenters. The van der Waals surface area contributed by atoms with Gasteiger partial charge in [-0.2, -0.15) is 0 Å². The molecule has 0 radical (unpaired) electrons. The van der Waals surface area contributed by atoms with Crippen LogP contribution >= 0.6 is 0 Å². The van der Waals surface area contributed by atoms with Crippen LogP contribution in [-0.4, -0.2) is 22.2 Å². The van der Waals surface area contributed by atoms with Crippen LogP contribution in [-0.2, 0) is 14.9 Å². The predicted octanol–water partition coefficient (Wildman–Crippen LogP) is 8.02. The largest absolute Gasteiger partial charge is 0.507 e. The van der Waals surface area contributed by atoms with E-state index in [4.69, 9.17) is 4.74 Å². The van der Waals surface area contributed by atoms with E-state index in [1.807, 2.05) is 72.7 Å². The summed E-state index contributed by atoms with van der Waals surface area (Å²) in [5.41, 5.74) is 3.92. The predicted molar refractivity (Wildman–Crippen MR) is 152 cm³/mol. The second-order valence-electron chi connectivity index (χ2n) is 11.7. The zero-order valence-electron chi connectivity index (χ0n) is 24.2. The van der Waals surface area contributed by atoms with Crippen molar-refractivity contribution in [3.8, 4) is 5.75 Å². The minimum Gasteiger partial charge on any atom is -0.507 e. The first-order valence-electron chi connectivity index (χ1n) is 13.6. The number of ether oxygens (including phenoxy) is 1. The number of aromatic hydroxyl groups is 1. The van der Waals surface area contributed by atoms with Gasteiger partial charge in [0.05, 0.1) is 11.0 Å². The summed E-state index contributed by atoms with van der Waals surface area (Å²) in [5, 5.41) is 20.9. The van der Waals surface area contributed by atoms with Crippen LogP contribution in [0, 0.1) is 18.8 Å². The van der Waals surface area contributed by atoms with Crippen molar-refractivity contribution in [3.63, 3.8) is 0 Å². The molecule has 0 spiro atoms. The molecule has 0 amide bonds. The standard InChI is InChI=1S/C33H42O5/c1-18(2)25-14-23(15-26(19(3)4)29(25)34)32(37)38-30-27(20(5)6)16-24(31(35)36)17-33(30,21(7)8)28-13-11-10-12-22(28)9/h10-16,18-21,34H,17H2,1-9H3,(H,35,36). The molecule has 0 fully saturated rings. The van der Waals surface area contributed by atoms with E-state index in [9.17, 15) is 19.8 Å². The van der Waals surface area contributed by atoms with Crippen molar-refractivity contribution in [2.45, 2.75) is 86.0 Å². The molecule has 0 saturated heterocycles. The third-order valence-corrected chi connectivity index (χ3v) is 7.82. The molecular weight excluding hydrogens is 476 g/mol. The lowest BCUT2D eigenvalue weighted by molar-refractivity contribution is -0.133. The smallest absolute Gasteiger partial charge is 0.343 e. The maximum Gasteiger partial charge on any atom is 0.343 e. The third-order valence-electron chi connectivity index (χ3n) is 7.82. The summed E-state index contributed by atoms with van der Waals surface area (Å²) in [6.45, 7) is 18.0. The molecule has 2 aromatic rings. The highest BCUT2D eigenvalue weighted by Crippen LogP contribution is 2.51. The van der Waals surface area contributed by atoms with E-state index in [1.54, 1.807) is 18.2 Å². The van der Waals surface area contributed by atoms with E-state index in [-0.39, 0.29) is 35.8 Å². The number of aliphatic carboxylic acids is 1. The third kappa shape index (κ3) is 5.29. The molecular formula is C33H42O5. The molecule has 1 aliphatic carbocycles. The van der Waals surface area contributed by atoms with Gasteiger partial charge in [0.1, 0.15) is 11.5 Å². The Hall–Kier alpha value is -3.34. The number of phenolic OH excluding ortho intramolecular Hbond substituents is 1. The molecule has 204 valence electrons. The van der Waals surface area contributed by atoms with E-state index in [1.165, 1.54) is 0 Å². The van der Waals surface area contributed by atoms with Crippen LogP contribution in [0.5, 0.6) is 5.75 Å². The van der Waals surface area contributed by atoms with Gasteiger partial charge in [0.2, 0.25) is 0 Å². The molecule has 5 nitrogen and oxygen atoms in total. The number of carbonyl (C=O) groups is 2. The van der Waals surface area contributed by atoms with Crippen molar-refractivity contribution in [2.24, 2.45) is 11.8 Å². The Balaban J connectivity index is 2.31. The van der Waals surface area contributed by atoms with Crippen LogP contribution in [0.25, 0.3) is 0 Å². The van der Waals surface area contributed by atoms with Crippen LogP contribution < -0.4 is 0 Å². The summed E-state index contributed by atoms with van der Waals surface area (Å²) in [4.78, 5) is 26.2. The molecule has 0 bridgehead atoms. The Morgan fingerprint density at radius 2 is 1.45 bits per heavy atom. The quantitative estimate of drug-likeness (QED) is 0.346. The Labute approximate surface area is 227 Å². The average Bonchev–Trinajstić information content (AvgIpc) is 2.83. The maximum absolute atomic E-state index is 13.9. The van der Waals surface area contributed by atoms with Crippen molar-refractivity contribution >= 4 is 11.9 Å². The summed E-state index contributed by atoms with van der Waals surface area (Å²) in [6.07, 6.45) is 1.90. The number of allylic oxidation sites excluding steroid dienone is 3. The summed E-state index contributed by atoms with van der Waals surface area (Å²) in [6, 6.07) is 11.4. The Kier molecular flexibility index (Phi) is 8.60. The molecule has 3 rings (SSSR count). The van der Waals surface area contributed by atoms with Crippen molar-refractivity contribution in [1.82, 2.24) is 0 Å². The Bertz CT molecular complexity index is 1260. The van der Waals surface area contributed by atoms with Gasteiger partial charge in [-0.25, -0.2) is 9.59 Å². The minimum absolute atomic E-state index is 0.0168. The molecule has 0 saturated carbocycles. The van der Waals surface area contributed by atoms with Crippen molar-refractivity contribution in [2.75, 3.05) is 0 Å². The molecule has 38 heavy (non-hydrogen) atoms. The second kappa shape index (κ2) is 11.2. The summed E-state index contributed by atoms with van der Waals surface area (Å²) < 4.78 is 6.40. The van der Waals surface area contributed by atoms with Crippen molar-refractivity contribution in [3.05, 3.63) is 87.2 Å². The van der Waals surface area contributed by atoms with E-state index >= 15 is 0 Å². The molecule has 1 unspecified atom stereocenters. The highest BCUT2D eigenvalue weighted by molar-refractivity contribution is 5.92. The van der Waals surface area contributed by atoms with Crippen LogP contribution in [0.4, 0.5) is 0 Å². The molecule has 5 heteroatoms. The number of benzene rings is 2. The highest BCUT2D eigenvalue weighted by Gasteiger charge is 2.48. The van der Waals surface area contributed by atoms with Gasteiger partial charge < -0.3 is 14.9 Å². The molecule has 0 aromatic heterocycles. The lowest BCUT2D eigenvalue weighted by Crippen LogP contribution is -2.41. The number of hydrogen-bond acceptors (Lipinski definition) is 4. The lowest BCUT2D eigenvalue weighted by Gasteiger charge is -2.44. The van der Waals surface area contributed by atoms with Crippen molar-refractivity contribution < 1.29 is 24.5 Å². The molecule has 0 aliphatic heterocycles. The fraction of sp³-hybridized carbons (Fsp3) is 0.455. The SMILES string of the molecule is Cc1ccccc1C1(C(C)C)CC(C(=O)O)=CC(C(C)C)=C1OC(=O)c1cc(C(C)C)c(O)c(C(C)C)c1. The van der Waals surface area contributed by atoms with Gasteiger partial charge in [0.25, 0.3) is 0 Å². The van der Waals surface area contributed by atoms with Gasteiger partial charge in [0.15, 0.2) is 0 Å². The number of carboxylic acid groups (broad SMARTS) is 1. The van der Waals surface area contributed by atoms with Crippen LogP contribution in [0.2, 0.25) is 0 Å². The number of carbonyl (C=O) groups excluding carboxylic acids is 1. The van der Waals surface area contributed by atoms with Crippen LogP contribution in [0.1, 0.15) is 106 Å². The number of hydrogen-bond donors (Lipinski definition) is 2. The van der Waals surface area contributed by atoms with Crippen LogP contribution in [0.3, 0.4) is 0 Å². The summed E-state index contributed by atoms with van der Waals surface area (Å²) >= 11 is 0. The topological polar surface area (TPSA) is 83.8 Å². The van der Waals surface area contributed by atoms with E-state index in [0.717, 1.165) is 11.1 Å². The minimum atomic E-state index is -0.964. The number of phenols is 1. The number of carboxylic acids is 1. The fourth-order valence-corrected chi connectivity index (χ4v) is 5.56. The van der Waals surface area contributed by atoms with Gasteiger partial charge in [-0.1, -0.05) is 79.7 Å². The zero-order chi connectivity index (χ0) is 28.5. The highest BCUT2D eigenvalue weighted by atomic mass is 16.5. The molecule has 0 heterocycles.